The summed E-state index contributed by atoms with van der Waals surface area (Å²) in [5.74, 6) is 1.15. The first-order chi connectivity index (χ1) is 10.8. The van der Waals surface area contributed by atoms with E-state index in [0.29, 0.717) is 6.04 Å². The molecule has 3 aromatic heterocycles. The zero-order chi connectivity index (χ0) is 14.9. The summed E-state index contributed by atoms with van der Waals surface area (Å²) < 4.78 is 4.17. The molecule has 114 valence electrons. The van der Waals surface area contributed by atoms with E-state index >= 15 is 0 Å². The average molecular weight is 314 g/mol. The lowest BCUT2D eigenvalue weighted by Crippen LogP contribution is -2.37. The molecule has 22 heavy (non-hydrogen) atoms. The van der Waals surface area contributed by atoms with E-state index in [1.165, 1.54) is 11.3 Å². The molecule has 0 bridgehead atoms. The van der Waals surface area contributed by atoms with Gasteiger partial charge in [-0.3, -0.25) is 4.90 Å². The molecule has 0 saturated heterocycles. The van der Waals surface area contributed by atoms with Crippen molar-refractivity contribution < 1.29 is 0 Å². The van der Waals surface area contributed by atoms with E-state index in [2.05, 4.69) is 48.3 Å². The largest absolute Gasteiger partial charge is 0.328 e. The van der Waals surface area contributed by atoms with Crippen LogP contribution >= 0.6 is 11.3 Å². The zero-order valence-corrected chi connectivity index (χ0v) is 13.3. The summed E-state index contributed by atoms with van der Waals surface area (Å²) in [6.45, 7) is 5.99. The smallest absolute Gasteiger partial charge is 0.137 e. The summed E-state index contributed by atoms with van der Waals surface area (Å²) in [5.41, 5.74) is 2.59. The summed E-state index contributed by atoms with van der Waals surface area (Å²) in [4.78, 5) is 11.1. The molecule has 1 atom stereocenters. The Balaban J connectivity index is 1.54. The minimum absolute atomic E-state index is 0.332. The van der Waals surface area contributed by atoms with Crippen molar-refractivity contribution in [2.45, 2.75) is 32.6 Å². The molecule has 0 aliphatic carbocycles. The molecule has 4 rings (SSSR count). The number of hydrogen-bond acceptors (Lipinski definition) is 5. The second kappa shape index (κ2) is 5.66. The molecule has 0 N–H and O–H groups in total. The predicted octanol–water partition coefficient (Wildman–Crippen LogP) is 2.16. The Labute approximate surface area is 133 Å². The molecule has 0 spiro atoms. The highest BCUT2D eigenvalue weighted by Gasteiger charge is 2.27. The number of aromatic nitrogens is 5. The maximum atomic E-state index is 4.66. The number of rotatable bonds is 4. The highest BCUT2D eigenvalue weighted by atomic mass is 32.1. The van der Waals surface area contributed by atoms with Crippen molar-refractivity contribution in [1.82, 2.24) is 29.2 Å². The molecule has 0 aromatic carbocycles. The van der Waals surface area contributed by atoms with E-state index in [1.54, 1.807) is 24.0 Å². The van der Waals surface area contributed by atoms with E-state index in [1.807, 2.05) is 10.9 Å². The van der Waals surface area contributed by atoms with Gasteiger partial charge in [0.05, 0.1) is 24.5 Å². The zero-order valence-electron chi connectivity index (χ0n) is 12.5. The summed E-state index contributed by atoms with van der Waals surface area (Å²) in [7, 11) is 0. The monoisotopic (exact) mass is 314 g/mol. The minimum atomic E-state index is 0.332. The van der Waals surface area contributed by atoms with Crippen molar-refractivity contribution in [1.29, 1.82) is 0 Å². The first-order valence-corrected chi connectivity index (χ1v) is 8.37. The van der Waals surface area contributed by atoms with Crippen molar-refractivity contribution in [3.8, 4) is 0 Å². The Kier molecular flexibility index (Phi) is 3.51. The van der Waals surface area contributed by atoms with Gasteiger partial charge in [0.1, 0.15) is 18.5 Å². The van der Waals surface area contributed by atoms with Gasteiger partial charge in [0.2, 0.25) is 0 Å². The number of thiophene rings is 1. The third-order valence-corrected chi connectivity index (χ3v) is 4.99. The van der Waals surface area contributed by atoms with Crippen LogP contribution in [0.3, 0.4) is 0 Å². The third-order valence-electron chi connectivity index (χ3n) is 4.26. The average Bonchev–Trinajstić information content (AvgIpc) is 3.25. The fourth-order valence-corrected chi connectivity index (χ4v) is 3.70. The van der Waals surface area contributed by atoms with Crippen LogP contribution in [0.15, 0.2) is 35.7 Å². The van der Waals surface area contributed by atoms with Crippen molar-refractivity contribution in [3.05, 3.63) is 52.8 Å². The van der Waals surface area contributed by atoms with E-state index in [9.17, 15) is 0 Å². The second-order valence-electron chi connectivity index (χ2n) is 5.63. The van der Waals surface area contributed by atoms with E-state index < -0.39 is 0 Å². The van der Waals surface area contributed by atoms with Gasteiger partial charge in [-0.05, 0) is 29.3 Å². The molecule has 0 fully saturated rings. The van der Waals surface area contributed by atoms with Crippen LogP contribution in [-0.2, 0) is 19.6 Å². The van der Waals surface area contributed by atoms with Gasteiger partial charge in [-0.2, -0.15) is 16.4 Å². The maximum Gasteiger partial charge on any atom is 0.137 e. The molecule has 0 radical (unpaired) electrons. The molecule has 0 amide bonds. The van der Waals surface area contributed by atoms with Crippen LogP contribution in [0, 0.1) is 0 Å². The number of fused-ring (bicyclic) bond motifs is 1. The number of imidazole rings is 1. The van der Waals surface area contributed by atoms with E-state index in [4.69, 9.17) is 0 Å². The number of hydrogen-bond donors (Lipinski definition) is 0. The van der Waals surface area contributed by atoms with Gasteiger partial charge in [0.15, 0.2) is 0 Å². The van der Waals surface area contributed by atoms with Crippen LogP contribution in [0.1, 0.15) is 30.0 Å². The molecule has 0 saturated carbocycles. The Morgan fingerprint density at radius 2 is 2.27 bits per heavy atom. The third kappa shape index (κ3) is 2.46. The molecule has 1 aliphatic heterocycles. The molecule has 4 heterocycles. The lowest BCUT2D eigenvalue weighted by atomic mass is 10.2. The predicted molar refractivity (Wildman–Crippen MR) is 84.5 cm³/mol. The first-order valence-electron chi connectivity index (χ1n) is 7.43. The van der Waals surface area contributed by atoms with Gasteiger partial charge < -0.3 is 4.57 Å². The van der Waals surface area contributed by atoms with Crippen LogP contribution in [0.4, 0.5) is 0 Å². The summed E-state index contributed by atoms with van der Waals surface area (Å²) in [6, 6.07) is 2.53. The van der Waals surface area contributed by atoms with Crippen molar-refractivity contribution in [2.75, 3.05) is 6.54 Å². The standard InChI is InChI=1S/C15H18N6S/c1-12-15-17-6-14(8-20-11-16-10-18-20)21(15)4-3-19(12)7-13-2-5-22-9-13/h2,5-6,9-12H,3-4,7-8H2,1H3/t12-/m0/s1. The number of nitrogens with zero attached hydrogens (tertiary/aromatic N) is 6. The van der Waals surface area contributed by atoms with E-state index in [-0.39, 0.29) is 0 Å². The quantitative estimate of drug-likeness (QED) is 0.740. The van der Waals surface area contributed by atoms with Gasteiger partial charge in [-0.15, -0.1) is 0 Å². The van der Waals surface area contributed by atoms with Crippen molar-refractivity contribution in [3.63, 3.8) is 0 Å². The topological polar surface area (TPSA) is 51.8 Å². The summed E-state index contributed by atoms with van der Waals surface area (Å²) in [6.07, 6.45) is 5.29. The lowest BCUT2D eigenvalue weighted by Gasteiger charge is -2.34. The van der Waals surface area contributed by atoms with Gasteiger partial charge in [0.25, 0.3) is 0 Å². The van der Waals surface area contributed by atoms with Crippen LogP contribution in [-0.4, -0.2) is 35.8 Å². The lowest BCUT2D eigenvalue weighted by molar-refractivity contribution is 0.155. The highest BCUT2D eigenvalue weighted by molar-refractivity contribution is 7.07. The van der Waals surface area contributed by atoms with Crippen molar-refractivity contribution >= 4 is 11.3 Å². The maximum absolute atomic E-state index is 4.66. The van der Waals surface area contributed by atoms with Crippen LogP contribution in [0.25, 0.3) is 0 Å². The molecule has 1 aliphatic rings. The van der Waals surface area contributed by atoms with Gasteiger partial charge in [0, 0.05) is 19.6 Å². The summed E-state index contributed by atoms with van der Waals surface area (Å²) in [5, 5.41) is 8.55. The molecule has 6 nitrogen and oxygen atoms in total. The Morgan fingerprint density at radius 1 is 1.32 bits per heavy atom. The normalized spacial score (nSPS) is 18.5. The molecule has 7 heteroatoms. The Hall–Kier alpha value is -1.99. The first kappa shape index (κ1) is 13.7. The minimum Gasteiger partial charge on any atom is -0.328 e. The van der Waals surface area contributed by atoms with Crippen LogP contribution in [0.5, 0.6) is 0 Å². The van der Waals surface area contributed by atoms with Gasteiger partial charge in [-0.25, -0.2) is 14.6 Å². The SMILES string of the molecule is C[C@H]1c2ncc(Cn3cncn3)n2CCN1Cc1ccsc1. The fraction of sp³-hybridized carbons (Fsp3) is 0.400. The van der Waals surface area contributed by atoms with Crippen molar-refractivity contribution in [2.24, 2.45) is 0 Å². The molecule has 3 aromatic rings. The summed E-state index contributed by atoms with van der Waals surface area (Å²) >= 11 is 1.76. The van der Waals surface area contributed by atoms with E-state index in [0.717, 1.165) is 32.0 Å². The molecular weight excluding hydrogens is 296 g/mol. The van der Waals surface area contributed by atoms with Crippen LogP contribution < -0.4 is 0 Å². The van der Waals surface area contributed by atoms with Gasteiger partial charge in [-0.1, -0.05) is 0 Å². The van der Waals surface area contributed by atoms with Gasteiger partial charge >= 0.3 is 0 Å². The molecular formula is C15H18N6S. The highest BCUT2D eigenvalue weighted by Crippen LogP contribution is 2.27. The fourth-order valence-electron chi connectivity index (χ4n) is 3.04. The molecule has 0 unspecified atom stereocenters. The second-order valence-corrected chi connectivity index (χ2v) is 6.41. The van der Waals surface area contributed by atoms with Crippen LogP contribution in [0.2, 0.25) is 0 Å². The Morgan fingerprint density at radius 3 is 3.05 bits per heavy atom. The Bertz CT molecular complexity index is 730.